The first-order valence-electron chi connectivity index (χ1n) is 8.41. The fourth-order valence-corrected chi connectivity index (χ4v) is 3.20. The van der Waals surface area contributed by atoms with E-state index in [0.717, 1.165) is 36.0 Å². The molecule has 0 spiro atoms. The van der Waals surface area contributed by atoms with Crippen LogP contribution in [-0.2, 0) is 16.0 Å². The van der Waals surface area contributed by atoms with E-state index in [9.17, 15) is 4.79 Å². The van der Waals surface area contributed by atoms with Gasteiger partial charge in [-0.15, -0.1) is 0 Å². The number of thioether (sulfide) groups is 1. The van der Waals surface area contributed by atoms with Gasteiger partial charge in [0, 0.05) is 24.8 Å². The molecule has 6 nitrogen and oxygen atoms in total. The number of aryl methyl sites for hydroxylation is 1. The SMILES string of the molecule is CCc1ccc(NC(=O)CSc2cc(N3CCOCC3)ncn2)cc1. The minimum Gasteiger partial charge on any atom is -0.378 e. The van der Waals surface area contributed by atoms with Crippen molar-refractivity contribution in [3.05, 3.63) is 42.2 Å². The highest BCUT2D eigenvalue weighted by Gasteiger charge is 2.13. The molecular weight excluding hydrogens is 336 g/mol. The molecule has 1 saturated heterocycles. The average Bonchev–Trinajstić information content (AvgIpc) is 2.68. The minimum atomic E-state index is -0.0409. The second-order valence-electron chi connectivity index (χ2n) is 5.70. The Balaban J connectivity index is 1.52. The summed E-state index contributed by atoms with van der Waals surface area (Å²) >= 11 is 1.41. The maximum atomic E-state index is 12.1. The number of nitrogens with one attached hydrogen (secondary N) is 1. The van der Waals surface area contributed by atoms with Gasteiger partial charge in [-0.25, -0.2) is 9.97 Å². The summed E-state index contributed by atoms with van der Waals surface area (Å²) in [5.74, 6) is 1.16. The fraction of sp³-hybridized carbons (Fsp3) is 0.389. The number of nitrogens with zero attached hydrogens (tertiary/aromatic N) is 3. The quantitative estimate of drug-likeness (QED) is 0.632. The van der Waals surface area contributed by atoms with E-state index >= 15 is 0 Å². The molecule has 2 aromatic rings. The third-order valence-corrected chi connectivity index (χ3v) is 4.89. The van der Waals surface area contributed by atoms with E-state index in [4.69, 9.17) is 4.74 Å². The average molecular weight is 358 g/mol. The highest BCUT2D eigenvalue weighted by atomic mass is 32.2. The van der Waals surface area contributed by atoms with Crippen LogP contribution < -0.4 is 10.2 Å². The zero-order valence-electron chi connectivity index (χ0n) is 14.3. The standard InChI is InChI=1S/C18H22N4O2S/c1-2-14-3-5-15(6-4-14)21-17(23)12-25-18-11-16(19-13-20-18)22-7-9-24-10-8-22/h3-6,11,13H,2,7-10,12H2,1H3,(H,21,23). The summed E-state index contributed by atoms with van der Waals surface area (Å²) in [4.78, 5) is 22.9. The maximum absolute atomic E-state index is 12.1. The molecule has 1 aromatic carbocycles. The highest BCUT2D eigenvalue weighted by molar-refractivity contribution is 7.99. The molecule has 0 saturated carbocycles. The number of aromatic nitrogens is 2. The monoisotopic (exact) mass is 358 g/mol. The lowest BCUT2D eigenvalue weighted by molar-refractivity contribution is -0.113. The Bertz CT molecular complexity index is 702. The lowest BCUT2D eigenvalue weighted by Crippen LogP contribution is -2.36. The molecule has 0 aliphatic carbocycles. The molecule has 1 aliphatic heterocycles. The minimum absolute atomic E-state index is 0.0409. The fourth-order valence-electron chi connectivity index (χ4n) is 2.53. The Kier molecular flexibility index (Phi) is 6.25. The molecule has 0 unspecified atom stereocenters. The van der Waals surface area contributed by atoms with Crippen molar-refractivity contribution in [1.29, 1.82) is 0 Å². The number of ether oxygens (including phenoxy) is 1. The van der Waals surface area contributed by atoms with Gasteiger partial charge in [-0.3, -0.25) is 4.79 Å². The van der Waals surface area contributed by atoms with Crippen LogP contribution in [0.1, 0.15) is 12.5 Å². The number of rotatable bonds is 6. The summed E-state index contributed by atoms with van der Waals surface area (Å²) in [6, 6.07) is 9.86. The van der Waals surface area contributed by atoms with Crippen LogP contribution in [-0.4, -0.2) is 47.9 Å². The molecule has 1 aliphatic rings. The van der Waals surface area contributed by atoms with E-state index in [-0.39, 0.29) is 5.91 Å². The lowest BCUT2D eigenvalue weighted by Gasteiger charge is -2.27. The van der Waals surface area contributed by atoms with Gasteiger partial charge >= 0.3 is 0 Å². The maximum Gasteiger partial charge on any atom is 0.234 e. The van der Waals surface area contributed by atoms with Gasteiger partial charge in [0.25, 0.3) is 0 Å². The van der Waals surface area contributed by atoms with Crippen molar-refractivity contribution in [2.24, 2.45) is 0 Å². The van der Waals surface area contributed by atoms with Crippen LogP contribution in [0.15, 0.2) is 41.7 Å². The summed E-state index contributed by atoms with van der Waals surface area (Å²) in [5.41, 5.74) is 2.07. The largest absolute Gasteiger partial charge is 0.378 e. The summed E-state index contributed by atoms with van der Waals surface area (Å²) in [7, 11) is 0. The molecule has 1 amide bonds. The number of hydrogen-bond donors (Lipinski definition) is 1. The molecule has 1 N–H and O–H groups in total. The number of morpholine rings is 1. The Morgan fingerprint density at radius 1 is 1.24 bits per heavy atom. The summed E-state index contributed by atoms with van der Waals surface area (Å²) in [6.07, 6.45) is 2.54. The van der Waals surface area contributed by atoms with Gasteiger partial charge in [-0.2, -0.15) is 0 Å². The van der Waals surface area contributed by atoms with Crippen molar-refractivity contribution in [3.63, 3.8) is 0 Å². The van der Waals surface area contributed by atoms with Gasteiger partial charge in [0.2, 0.25) is 5.91 Å². The van der Waals surface area contributed by atoms with Gasteiger partial charge in [0.1, 0.15) is 17.2 Å². The Morgan fingerprint density at radius 2 is 2.00 bits per heavy atom. The molecule has 0 bridgehead atoms. The Labute approximate surface area is 152 Å². The van der Waals surface area contributed by atoms with E-state index in [1.54, 1.807) is 6.33 Å². The molecule has 3 rings (SSSR count). The molecule has 1 aromatic heterocycles. The predicted octanol–water partition coefficient (Wildman–Crippen LogP) is 2.61. The third kappa shape index (κ3) is 5.17. The number of amides is 1. The van der Waals surface area contributed by atoms with Crippen molar-refractivity contribution >= 4 is 29.2 Å². The summed E-state index contributed by atoms with van der Waals surface area (Å²) < 4.78 is 5.36. The topological polar surface area (TPSA) is 67.4 Å². The molecule has 1 fully saturated rings. The van der Waals surface area contributed by atoms with Crippen molar-refractivity contribution in [2.75, 3.05) is 42.3 Å². The zero-order chi connectivity index (χ0) is 17.5. The van der Waals surface area contributed by atoms with Gasteiger partial charge in [0.15, 0.2) is 0 Å². The number of carbonyl (C=O) groups is 1. The van der Waals surface area contributed by atoms with E-state index in [1.165, 1.54) is 17.3 Å². The highest BCUT2D eigenvalue weighted by Crippen LogP contribution is 2.20. The first-order valence-corrected chi connectivity index (χ1v) is 9.39. The number of anilines is 2. The first-order chi connectivity index (χ1) is 12.2. The van der Waals surface area contributed by atoms with Gasteiger partial charge in [-0.05, 0) is 24.1 Å². The third-order valence-electron chi connectivity index (χ3n) is 3.96. The molecule has 0 radical (unpaired) electrons. The van der Waals surface area contributed by atoms with Gasteiger partial charge < -0.3 is 15.0 Å². The zero-order valence-corrected chi connectivity index (χ0v) is 15.1. The van der Waals surface area contributed by atoms with Crippen LogP contribution in [0.2, 0.25) is 0 Å². The molecular formula is C18H22N4O2S. The Morgan fingerprint density at radius 3 is 2.72 bits per heavy atom. The van der Waals surface area contributed by atoms with Crippen molar-refractivity contribution in [3.8, 4) is 0 Å². The molecule has 132 valence electrons. The van der Waals surface area contributed by atoms with Crippen LogP contribution in [0.4, 0.5) is 11.5 Å². The van der Waals surface area contributed by atoms with Crippen molar-refractivity contribution in [2.45, 2.75) is 18.4 Å². The summed E-state index contributed by atoms with van der Waals surface area (Å²) in [5, 5.41) is 3.71. The van der Waals surface area contributed by atoms with Crippen LogP contribution >= 0.6 is 11.8 Å². The number of carbonyl (C=O) groups excluding carboxylic acids is 1. The van der Waals surface area contributed by atoms with E-state index < -0.39 is 0 Å². The van der Waals surface area contributed by atoms with Gasteiger partial charge in [0.05, 0.1) is 19.0 Å². The first kappa shape index (κ1) is 17.7. The van der Waals surface area contributed by atoms with Crippen LogP contribution in [0.5, 0.6) is 0 Å². The van der Waals surface area contributed by atoms with Crippen LogP contribution in [0.3, 0.4) is 0 Å². The van der Waals surface area contributed by atoms with E-state index in [2.05, 4.69) is 27.1 Å². The normalized spacial score (nSPS) is 14.4. The van der Waals surface area contributed by atoms with Gasteiger partial charge in [-0.1, -0.05) is 30.8 Å². The van der Waals surface area contributed by atoms with Crippen LogP contribution in [0.25, 0.3) is 0 Å². The van der Waals surface area contributed by atoms with Crippen molar-refractivity contribution < 1.29 is 9.53 Å². The van der Waals surface area contributed by atoms with E-state index in [1.807, 2.05) is 30.3 Å². The summed E-state index contributed by atoms with van der Waals surface area (Å²) in [6.45, 7) is 5.19. The molecule has 25 heavy (non-hydrogen) atoms. The molecule has 0 atom stereocenters. The molecule has 2 heterocycles. The predicted molar refractivity (Wildman–Crippen MR) is 100 cm³/mol. The Hall–Kier alpha value is -2.12. The van der Waals surface area contributed by atoms with Crippen molar-refractivity contribution in [1.82, 2.24) is 9.97 Å². The second-order valence-corrected chi connectivity index (χ2v) is 6.70. The number of hydrogen-bond acceptors (Lipinski definition) is 6. The number of benzene rings is 1. The smallest absolute Gasteiger partial charge is 0.234 e. The molecule has 7 heteroatoms. The second kappa shape index (κ2) is 8.82. The van der Waals surface area contributed by atoms with E-state index in [0.29, 0.717) is 19.0 Å². The lowest BCUT2D eigenvalue weighted by atomic mass is 10.1. The van der Waals surface area contributed by atoms with Crippen LogP contribution in [0, 0.1) is 0 Å².